The van der Waals surface area contributed by atoms with Crippen molar-refractivity contribution >= 4 is 12.4 Å². The third-order valence-corrected chi connectivity index (χ3v) is 4.14. The highest BCUT2D eigenvalue weighted by atomic mass is 35.5. The van der Waals surface area contributed by atoms with Crippen LogP contribution in [0.1, 0.15) is 34.4 Å². The summed E-state index contributed by atoms with van der Waals surface area (Å²) in [7, 11) is 2.10. The van der Waals surface area contributed by atoms with Gasteiger partial charge in [-0.1, -0.05) is 28.9 Å². The van der Waals surface area contributed by atoms with Gasteiger partial charge < -0.3 is 9.84 Å². The van der Waals surface area contributed by atoms with E-state index in [1.807, 2.05) is 0 Å². The van der Waals surface area contributed by atoms with Gasteiger partial charge in [-0.15, -0.1) is 12.4 Å². The maximum atomic E-state index is 5.45. The summed E-state index contributed by atoms with van der Waals surface area (Å²) in [5.74, 6) is 1.47. The number of rotatable bonds is 3. The molecule has 0 bridgehead atoms. The molecule has 0 radical (unpaired) electrons. The number of likely N-dealkylation sites (N-methyl/N-ethyl adjacent to an activating group) is 1. The summed E-state index contributed by atoms with van der Waals surface area (Å²) in [6.07, 6.45) is 0.699. The van der Waals surface area contributed by atoms with Gasteiger partial charge in [0.05, 0.1) is 12.5 Å². The van der Waals surface area contributed by atoms with E-state index in [1.54, 1.807) is 0 Å². The summed E-state index contributed by atoms with van der Waals surface area (Å²) in [4.78, 5) is 6.86. The average Bonchev–Trinajstić information content (AvgIpc) is 2.92. The quantitative estimate of drug-likeness (QED) is 0.939. The summed E-state index contributed by atoms with van der Waals surface area (Å²) in [5, 5.41) is 7.55. The fraction of sp³-hybridized carbons (Fsp3) is 0.500. The second kappa shape index (κ2) is 7.22. The standard InChI is InChI=1S/C16H22N4O.ClH/c1-11-4-5-12(2)13(8-11)9-15-18-16(19-21-15)14-10-17-6-7-20(14)3;/h4-5,8,14,17H,6-7,9-10H2,1-3H3;1H. The Morgan fingerprint density at radius 1 is 1.36 bits per heavy atom. The zero-order valence-corrected chi connectivity index (χ0v) is 14.1. The molecule has 5 nitrogen and oxygen atoms in total. The van der Waals surface area contributed by atoms with Crippen LogP contribution in [-0.2, 0) is 6.42 Å². The molecule has 1 saturated heterocycles. The monoisotopic (exact) mass is 322 g/mol. The Bertz CT molecular complexity index is 628. The molecule has 1 aromatic heterocycles. The molecule has 1 aliphatic heterocycles. The number of nitrogens with one attached hydrogen (secondary N) is 1. The van der Waals surface area contributed by atoms with Crippen LogP contribution in [0.5, 0.6) is 0 Å². The molecule has 2 aromatic rings. The molecule has 6 heteroatoms. The average molecular weight is 323 g/mol. The second-order valence-electron chi connectivity index (χ2n) is 5.85. The van der Waals surface area contributed by atoms with Crippen molar-refractivity contribution in [2.45, 2.75) is 26.3 Å². The highest BCUT2D eigenvalue weighted by Crippen LogP contribution is 2.20. The van der Waals surface area contributed by atoms with Crippen LogP contribution in [0.15, 0.2) is 22.7 Å². The third-order valence-electron chi connectivity index (χ3n) is 4.14. The first-order valence-corrected chi connectivity index (χ1v) is 7.43. The SMILES string of the molecule is Cc1ccc(C)c(Cc2nc(C3CNCCN3C)no2)c1.Cl. The minimum Gasteiger partial charge on any atom is -0.339 e. The molecule has 120 valence electrons. The third kappa shape index (κ3) is 3.66. The largest absolute Gasteiger partial charge is 0.339 e. The van der Waals surface area contributed by atoms with Crippen LogP contribution in [-0.4, -0.2) is 41.7 Å². The fourth-order valence-corrected chi connectivity index (χ4v) is 2.72. The van der Waals surface area contributed by atoms with Gasteiger partial charge in [0.15, 0.2) is 5.82 Å². The van der Waals surface area contributed by atoms with E-state index in [9.17, 15) is 0 Å². The van der Waals surface area contributed by atoms with Gasteiger partial charge in [-0.3, -0.25) is 4.90 Å². The fourth-order valence-electron chi connectivity index (χ4n) is 2.72. The van der Waals surface area contributed by atoms with Crippen molar-refractivity contribution in [2.75, 3.05) is 26.7 Å². The Labute approximate surface area is 137 Å². The van der Waals surface area contributed by atoms with Crippen molar-refractivity contribution in [3.8, 4) is 0 Å². The van der Waals surface area contributed by atoms with Gasteiger partial charge in [-0.2, -0.15) is 4.98 Å². The summed E-state index contributed by atoms with van der Waals surface area (Å²) in [6.45, 7) is 7.11. The maximum Gasteiger partial charge on any atom is 0.231 e. The molecular formula is C16H23ClN4O. The summed E-state index contributed by atoms with van der Waals surface area (Å²) in [5.41, 5.74) is 3.77. The van der Waals surface area contributed by atoms with Crippen molar-refractivity contribution in [3.63, 3.8) is 0 Å². The van der Waals surface area contributed by atoms with Gasteiger partial charge in [-0.25, -0.2) is 0 Å². The van der Waals surface area contributed by atoms with E-state index in [4.69, 9.17) is 4.52 Å². The number of piperazine rings is 1. The smallest absolute Gasteiger partial charge is 0.231 e. The first kappa shape index (κ1) is 16.9. The van der Waals surface area contributed by atoms with Crippen molar-refractivity contribution in [3.05, 3.63) is 46.6 Å². The Balaban J connectivity index is 0.00000176. The molecule has 0 amide bonds. The van der Waals surface area contributed by atoms with Gasteiger partial charge in [0, 0.05) is 19.6 Å². The van der Waals surface area contributed by atoms with Crippen LogP contribution in [0.4, 0.5) is 0 Å². The lowest BCUT2D eigenvalue weighted by molar-refractivity contribution is 0.190. The Kier molecular flexibility index (Phi) is 5.56. The number of nitrogens with zero attached hydrogens (tertiary/aromatic N) is 3. The molecule has 0 saturated carbocycles. The van der Waals surface area contributed by atoms with Crippen molar-refractivity contribution < 1.29 is 4.52 Å². The van der Waals surface area contributed by atoms with Crippen molar-refractivity contribution in [1.82, 2.24) is 20.4 Å². The first-order chi connectivity index (χ1) is 10.1. The Morgan fingerprint density at radius 2 is 2.18 bits per heavy atom. The lowest BCUT2D eigenvalue weighted by Gasteiger charge is -2.30. The second-order valence-corrected chi connectivity index (χ2v) is 5.85. The van der Waals surface area contributed by atoms with Crippen LogP contribution in [0, 0.1) is 13.8 Å². The van der Waals surface area contributed by atoms with E-state index in [0.717, 1.165) is 25.5 Å². The van der Waals surface area contributed by atoms with Gasteiger partial charge in [-0.05, 0) is 32.0 Å². The Hall–Kier alpha value is -1.43. The lowest BCUT2D eigenvalue weighted by atomic mass is 10.0. The van der Waals surface area contributed by atoms with Crippen LogP contribution in [0.25, 0.3) is 0 Å². The molecule has 1 unspecified atom stereocenters. The number of aryl methyl sites for hydroxylation is 2. The highest BCUT2D eigenvalue weighted by molar-refractivity contribution is 5.85. The predicted octanol–water partition coefficient (Wildman–Crippen LogP) is 2.28. The van der Waals surface area contributed by atoms with E-state index in [2.05, 4.69) is 59.5 Å². The molecule has 3 rings (SSSR count). The number of hydrogen-bond donors (Lipinski definition) is 1. The van der Waals surface area contributed by atoms with Gasteiger partial charge in [0.25, 0.3) is 0 Å². The van der Waals surface area contributed by atoms with Gasteiger partial charge in [0.2, 0.25) is 5.89 Å². The summed E-state index contributed by atoms with van der Waals surface area (Å²) < 4.78 is 5.45. The number of benzene rings is 1. The minimum absolute atomic E-state index is 0. The molecule has 22 heavy (non-hydrogen) atoms. The molecule has 2 heterocycles. The van der Waals surface area contributed by atoms with Crippen molar-refractivity contribution in [2.24, 2.45) is 0 Å². The van der Waals surface area contributed by atoms with Crippen LogP contribution in [0.2, 0.25) is 0 Å². The molecule has 1 aromatic carbocycles. The molecule has 0 aliphatic carbocycles. The number of hydrogen-bond acceptors (Lipinski definition) is 5. The van der Waals surface area contributed by atoms with Gasteiger partial charge >= 0.3 is 0 Å². The van der Waals surface area contributed by atoms with Crippen LogP contribution in [0.3, 0.4) is 0 Å². The van der Waals surface area contributed by atoms with E-state index >= 15 is 0 Å². The van der Waals surface area contributed by atoms with E-state index < -0.39 is 0 Å². The molecular weight excluding hydrogens is 300 g/mol. The van der Waals surface area contributed by atoms with Gasteiger partial charge in [0.1, 0.15) is 0 Å². The molecule has 1 aliphatic rings. The first-order valence-electron chi connectivity index (χ1n) is 7.43. The van der Waals surface area contributed by atoms with Crippen LogP contribution >= 0.6 is 12.4 Å². The number of aromatic nitrogens is 2. The van der Waals surface area contributed by atoms with Crippen LogP contribution < -0.4 is 5.32 Å². The normalized spacial score (nSPS) is 19.0. The van der Waals surface area contributed by atoms with E-state index in [1.165, 1.54) is 16.7 Å². The zero-order valence-electron chi connectivity index (χ0n) is 13.3. The summed E-state index contributed by atoms with van der Waals surface area (Å²) in [6, 6.07) is 6.66. The predicted molar refractivity (Wildman–Crippen MR) is 88.5 cm³/mol. The molecule has 1 atom stereocenters. The minimum atomic E-state index is 0. The van der Waals surface area contributed by atoms with E-state index in [0.29, 0.717) is 12.3 Å². The maximum absolute atomic E-state index is 5.45. The topological polar surface area (TPSA) is 54.2 Å². The van der Waals surface area contributed by atoms with E-state index in [-0.39, 0.29) is 18.4 Å². The number of halogens is 1. The highest BCUT2D eigenvalue weighted by Gasteiger charge is 2.25. The zero-order chi connectivity index (χ0) is 14.8. The molecule has 1 N–H and O–H groups in total. The van der Waals surface area contributed by atoms with Crippen molar-refractivity contribution in [1.29, 1.82) is 0 Å². The molecule has 0 spiro atoms. The lowest BCUT2D eigenvalue weighted by Crippen LogP contribution is -2.44. The summed E-state index contributed by atoms with van der Waals surface area (Å²) >= 11 is 0. The molecule has 1 fully saturated rings. The Morgan fingerprint density at radius 3 is 2.95 bits per heavy atom.